The second kappa shape index (κ2) is 4.87. The minimum atomic E-state index is -4.82. The van der Waals surface area contributed by atoms with Crippen LogP contribution in [0.1, 0.15) is 34.6 Å². The van der Waals surface area contributed by atoms with E-state index in [0.717, 1.165) is 43.7 Å². The highest BCUT2D eigenvalue weighted by Crippen LogP contribution is 2.32. The van der Waals surface area contributed by atoms with E-state index in [9.17, 15) is 18.0 Å². The van der Waals surface area contributed by atoms with Gasteiger partial charge in [-0.25, -0.2) is 4.98 Å². The summed E-state index contributed by atoms with van der Waals surface area (Å²) in [5.74, 6) is -1.79. The smallest absolute Gasteiger partial charge is 0.348 e. The molecule has 0 N–H and O–H groups in total. The third kappa shape index (κ3) is 2.66. The van der Waals surface area contributed by atoms with E-state index in [1.54, 1.807) is 0 Å². The van der Waals surface area contributed by atoms with Crippen molar-refractivity contribution in [2.24, 2.45) is 0 Å². The van der Waals surface area contributed by atoms with Crippen molar-refractivity contribution in [3.05, 3.63) is 10.6 Å². The average Bonchev–Trinajstić information content (AvgIpc) is 2.70. The lowest BCUT2D eigenvalue weighted by Crippen LogP contribution is -2.29. The average molecular weight is 278 g/mol. The second-order valence-corrected chi connectivity index (χ2v) is 5.26. The largest absolute Gasteiger partial charge is 0.455 e. The molecule has 0 aliphatic carbocycles. The predicted molar refractivity (Wildman–Crippen MR) is 63.3 cm³/mol. The first-order valence-electron chi connectivity index (χ1n) is 5.73. The van der Waals surface area contributed by atoms with Crippen LogP contribution in [0.4, 0.5) is 18.3 Å². The molecule has 3 nitrogen and oxygen atoms in total. The quantitative estimate of drug-likeness (QED) is 0.779. The summed E-state index contributed by atoms with van der Waals surface area (Å²) >= 11 is 0.846. The molecule has 1 fully saturated rings. The molecule has 100 valence electrons. The highest BCUT2D eigenvalue weighted by molar-refractivity contribution is 7.17. The zero-order chi connectivity index (χ0) is 13.3. The number of halogens is 3. The van der Waals surface area contributed by atoms with Gasteiger partial charge < -0.3 is 4.90 Å². The van der Waals surface area contributed by atoms with Crippen molar-refractivity contribution in [3.63, 3.8) is 0 Å². The zero-order valence-electron chi connectivity index (χ0n) is 9.88. The molecule has 1 aliphatic heterocycles. The highest BCUT2D eigenvalue weighted by Gasteiger charge is 2.41. The monoisotopic (exact) mass is 278 g/mol. The van der Waals surface area contributed by atoms with Crippen LogP contribution in [0.3, 0.4) is 0 Å². The maximum atomic E-state index is 12.4. The van der Waals surface area contributed by atoms with E-state index in [4.69, 9.17) is 0 Å². The van der Waals surface area contributed by atoms with Crippen LogP contribution < -0.4 is 4.90 Å². The number of aromatic nitrogens is 1. The molecule has 18 heavy (non-hydrogen) atoms. The molecule has 2 heterocycles. The van der Waals surface area contributed by atoms with E-state index < -0.39 is 12.0 Å². The first-order chi connectivity index (χ1) is 8.39. The lowest BCUT2D eigenvalue weighted by atomic mass is 10.1. The van der Waals surface area contributed by atoms with Crippen molar-refractivity contribution in [1.29, 1.82) is 0 Å². The van der Waals surface area contributed by atoms with Gasteiger partial charge in [-0.1, -0.05) is 11.3 Å². The lowest BCUT2D eigenvalue weighted by Gasteiger charge is -2.25. The number of piperidine rings is 1. The Morgan fingerprint density at radius 3 is 2.44 bits per heavy atom. The molecule has 0 unspecified atom stereocenters. The first kappa shape index (κ1) is 13.3. The van der Waals surface area contributed by atoms with Gasteiger partial charge in [0, 0.05) is 13.1 Å². The highest BCUT2D eigenvalue weighted by atomic mass is 32.1. The number of thiazole rings is 1. The van der Waals surface area contributed by atoms with Gasteiger partial charge in [0.25, 0.3) is 5.78 Å². The fraction of sp³-hybridized carbons (Fsp3) is 0.636. The molecule has 0 bridgehead atoms. The van der Waals surface area contributed by atoms with Crippen molar-refractivity contribution < 1.29 is 18.0 Å². The number of carbonyl (C=O) groups is 1. The van der Waals surface area contributed by atoms with Gasteiger partial charge in [0.05, 0.1) is 5.69 Å². The number of hydrogen-bond donors (Lipinski definition) is 0. The molecule has 2 rings (SSSR count). The Morgan fingerprint density at radius 2 is 1.89 bits per heavy atom. The Kier molecular flexibility index (Phi) is 3.61. The van der Waals surface area contributed by atoms with E-state index in [1.807, 2.05) is 4.90 Å². The maximum Gasteiger partial charge on any atom is 0.455 e. The summed E-state index contributed by atoms with van der Waals surface area (Å²) in [7, 11) is 0. The van der Waals surface area contributed by atoms with E-state index in [1.165, 1.54) is 6.92 Å². The summed E-state index contributed by atoms with van der Waals surface area (Å²) in [5, 5.41) is 0.528. The molecular weight excluding hydrogens is 265 g/mol. The number of hydrogen-bond acceptors (Lipinski definition) is 4. The summed E-state index contributed by atoms with van der Waals surface area (Å²) in [6, 6.07) is 0. The standard InChI is InChI=1S/C11H13F3N2OS/c1-7-8(9(17)11(12,13)14)18-10(15-7)16-5-3-2-4-6-16/h2-6H2,1H3. The molecule has 1 aromatic heterocycles. The number of nitrogens with zero attached hydrogens (tertiary/aromatic N) is 2. The SMILES string of the molecule is Cc1nc(N2CCCCC2)sc1C(=O)C(F)(F)F. The van der Waals surface area contributed by atoms with Crippen LogP contribution in [-0.4, -0.2) is 30.0 Å². The summed E-state index contributed by atoms with van der Waals surface area (Å²) in [4.78, 5) is 17.0. The van der Waals surface area contributed by atoms with Gasteiger partial charge in [-0.3, -0.25) is 4.79 Å². The van der Waals surface area contributed by atoms with Crippen molar-refractivity contribution in [2.45, 2.75) is 32.4 Å². The van der Waals surface area contributed by atoms with Gasteiger partial charge in [-0.2, -0.15) is 13.2 Å². The van der Waals surface area contributed by atoms with Gasteiger partial charge >= 0.3 is 6.18 Å². The molecule has 0 spiro atoms. The normalized spacial score (nSPS) is 17.0. The lowest BCUT2D eigenvalue weighted by molar-refractivity contribution is -0.0883. The van der Waals surface area contributed by atoms with Gasteiger partial charge in [0.15, 0.2) is 5.13 Å². The zero-order valence-corrected chi connectivity index (χ0v) is 10.7. The molecule has 0 atom stereocenters. The number of ketones is 1. The van der Waals surface area contributed by atoms with Crippen molar-refractivity contribution in [3.8, 4) is 0 Å². The fourth-order valence-corrected chi connectivity index (χ4v) is 3.02. The minimum absolute atomic E-state index is 0.169. The number of aryl methyl sites for hydroxylation is 1. The van der Waals surface area contributed by atoms with E-state index in [-0.39, 0.29) is 10.6 Å². The minimum Gasteiger partial charge on any atom is -0.348 e. The van der Waals surface area contributed by atoms with Gasteiger partial charge in [0.2, 0.25) is 0 Å². The number of rotatable bonds is 2. The Hall–Kier alpha value is -1.11. The third-order valence-electron chi connectivity index (χ3n) is 2.88. The molecular formula is C11H13F3N2OS. The number of alkyl halides is 3. The molecule has 0 saturated carbocycles. The summed E-state index contributed by atoms with van der Waals surface area (Å²) in [5.41, 5.74) is 0.169. The Morgan fingerprint density at radius 1 is 1.28 bits per heavy atom. The van der Waals surface area contributed by atoms with E-state index >= 15 is 0 Å². The number of Topliss-reactive ketones (excluding diaryl/α,β-unsaturated/α-hetero) is 1. The molecule has 0 amide bonds. The van der Waals surface area contributed by atoms with Crippen LogP contribution in [0, 0.1) is 6.92 Å². The summed E-state index contributed by atoms with van der Waals surface area (Å²) in [6.45, 7) is 3.04. The second-order valence-electron chi connectivity index (χ2n) is 4.29. The van der Waals surface area contributed by atoms with Crippen LogP contribution in [0.5, 0.6) is 0 Å². The van der Waals surface area contributed by atoms with Crippen LogP contribution in [-0.2, 0) is 0 Å². The fourth-order valence-electron chi connectivity index (χ4n) is 1.94. The van der Waals surface area contributed by atoms with Crippen LogP contribution in [0.2, 0.25) is 0 Å². The molecule has 7 heteroatoms. The molecule has 1 saturated heterocycles. The van der Waals surface area contributed by atoms with Crippen molar-refractivity contribution in [2.75, 3.05) is 18.0 Å². The van der Waals surface area contributed by atoms with Gasteiger partial charge in [-0.15, -0.1) is 0 Å². The first-order valence-corrected chi connectivity index (χ1v) is 6.55. The molecule has 0 aromatic carbocycles. The Balaban J connectivity index is 2.24. The van der Waals surface area contributed by atoms with Gasteiger partial charge in [0.1, 0.15) is 4.88 Å². The van der Waals surface area contributed by atoms with Crippen LogP contribution in [0.25, 0.3) is 0 Å². The van der Waals surface area contributed by atoms with Crippen LogP contribution >= 0.6 is 11.3 Å². The molecule has 0 radical (unpaired) electrons. The Bertz CT molecular complexity index is 450. The van der Waals surface area contributed by atoms with Crippen molar-refractivity contribution >= 4 is 22.3 Å². The molecule has 1 aliphatic rings. The van der Waals surface area contributed by atoms with E-state index in [2.05, 4.69) is 4.98 Å². The predicted octanol–water partition coefficient (Wildman–Crippen LogP) is 3.19. The summed E-state index contributed by atoms with van der Waals surface area (Å²) in [6.07, 6.45) is -1.66. The topological polar surface area (TPSA) is 33.2 Å². The van der Waals surface area contributed by atoms with Gasteiger partial charge in [-0.05, 0) is 26.2 Å². The maximum absolute atomic E-state index is 12.4. The van der Waals surface area contributed by atoms with Crippen molar-refractivity contribution in [1.82, 2.24) is 4.98 Å². The summed E-state index contributed by atoms with van der Waals surface area (Å²) < 4.78 is 37.1. The third-order valence-corrected chi connectivity index (χ3v) is 4.09. The molecule has 1 aromatic rings. The number of anilines is 1. The Labute approximate surface area is 107 Å². The number of carbonyl (C=O) groups excluding carboxylic acids is 1. The van der Waals surface area contributed by atoms with E-state index in [0.29, 0.717) is 5.13 Å². The van der Waals surface area contributed by atoms with Crippen LogP contribution in [0.15, 0.2) is 0 Å².